The standard InChI is InChI=1S/C16H26N6S/c1-10-14(12(3)22(6)21-10)9-19-16(17-5)18-8-7-15-11(2)20-13(4)23-15/h7-9H2,1-6H3,(H2,17,18,19). The van der Waals surface area contributed by atoms with Gasteiger partial charge in [-0.1, -0.05) is 0 Å². The summed E-state index contributed by atoms with van der Waals surface area (Å²) in [4.78, 5) is 10.1. The maximum absolute atomic E-state index is 4.46. The topological polar surface area (TPSA) is 67.1 Å². The number of thiazole rings is 1. The third-order valence-corrected chi connectivity index (χ3v) is 5.09. The molecule has 0 aliphatic rings. The summed E-state index contributed by atoms with van der Waals surface area (Å²) in [5.41, 5.74) is 4.60. The summed E-state index contributed by atoms with van der Waals surface area (Å²) in [5.74, 6) is 0.812. The summed E-state index contributed by atoms with van der Waals surface area (Å²) in [6.07, 6.45) is 0.961. The molecule has 0 aromatic carbocycles. The van der Waals surface area contributed by atoms with E-state index in [0.717, 1.165) is 41.9 Å². The Labute approximate surface area is 142 Å². The predicted molar refractivity (Wildman–Crippen MR) is 96.2 cm³/mol. The van der Waals surface area contributed by atoms with Crippen LogP contribution in [0.25, 0.3) is 0 Å². The second-order valence-corrected chi connectivity index (χ2v) is 6.90. The largest absolute Gasteiger partial charge is 0.356 e. The molecule has 2 aromatic heterocycles. The summed E-state index contributed by atoms with van der Waals surface area (Å²) in [5, 5.41) is 12.3. The van der Waals surface area contributed by atoms with E-state index in [2.05, 4.69) is 39.6 Å². The van der Waals surface area contributed by atoms with Gasteiger partial charge in [0.05, 0.1) is 16.4 Å². The van der Waals surface area contributed by atoms with Gasteiger partial charge in [-0.2, -0.15) is 5.10 Å². The number of nitrogens with one attached hydrogen (secondary N) is 2. The van der Waals surface area contributed by atoms with Crippen LogP contribution >= 0.6 is 11.3 Å². The van der Waals surface area contributed by atoms with Gasteiger partial charge >= 0.3 is 0 Å². The first-order chi connectivity index (χ1) is 10.9. The van der Waals surface area contributed by atoms with Gasteiger partial charge in [-0.15, -0.1) is 11.3 Å². The summed E-state index contributed by atoms with van der Waals surface area (Å²) >= 11 is 1.77. The second kappa shape index (κ2) is 7.59. The molecule has 0 fully saturated rings. The van der Waals surface area contributed by atoms with Gasteiger partial charge in [-0.3, -0.25) is 9.67 Å². The Morgan fingerprint density at radius 3 is 2.43 bits per heavy atom. The fraction of sp³-hybridized carbons (Fsp3) is 0.562. The smallest absolute Gasteiger partial charge is 0.191 e. The van der Waals surface area contributed by atoms with Gasteiger partial charge in [0.15, 0.2) is 5.96 Å². The lowest BCUT2D eigenvalue weighted by Crippen LogP contribution is -2.38. The van der Waals surface area contributed by atoms with E-state index in [1.807, 2.05) is 25.6 Å². The highest BCUT2D eigenvalue weighted by atomic mass is 32.1. The SMILES string of the molecule is CN=C(NCCc1sc(C)nc1C)NCc1c(C)nn(C)c1C. The molecule has 0 aliphatic heterocycles. The van der Waals surface area contributed by atoms with Gasteiger partial charge in [0.1, 0.15) is 0 Å². The minimum Gasteiger partial charge on any atom is -0.356 e. The Kier molecular flexibility index (Phi) is 5.76. The third kappa shape index (κ3) is 4.31. The molecule has 0 saturated heterocycles. The zero-order chi connectivity index (χ0) is 17.0. The van der Waals surface area contributed by atoms with E-state index in [0.29, 0.717) is 0 Å². The lowest BCUT2D eigenvalue weighted by Gasteiger charge is -2.12. The zero-order valence-corrected chi connectivity index (χ0v) is 15.6. The summed E-state index contributed by atoms with van der Waals surface area (Å²) < 4.78 is 1.91. The molecular formula is C16H26N6S. The number of hydrogen-bond acceptors (Lipinski definition) is 4. The average Bonchev–Trinajstić information content (AvgIpc) is 2.94. The van der Waals surface area contributed by atoms with E-state index < -0.39 is 0 Å². The molecule has 0 unspecified atom stereocenters. The van der Waals surface area contributed by atoms with Crippen molar-refractivity contribution in [2.24, 2.45) is 12.0 Å². The molecule has 0 saturated carbocycles. The maximum Gasteiger partial charge on any atom is 0.191 e. The van der Waals surface area contributed by atoms with Crippen LogP contribution in [0.4, 0.5) is 0 Å². The Hall–Kier alpha value is -1.89. The number of hydrogen-bond donors (Lipinski definition) is 2. The molecule has 0 atom stereocenters. The third-order valence-electron chi connectivity index (χ3n) is 3.96. The molecule has 0 aliphatic carbocycles. The Bertz CT molecular complexity index is 698. The van der Waals surface area contributed by atoms with Gasteiger partial charge in [0.25, 0.3) is 0 Å². The van der Waals surface area contributed by atoms with Crippen LogP contribution in [0, 0.1) is 27.7 Å². The van der Waals surface area contributed by atoms with Gasteiger partial charge in [0, 0.05) is 49.7 Å². The lowest BCUT2D eigenvalue weighted by molar-refractivity contribution is 0.728. The highest BCUT2D eigenvalue weighted by Crippen LogP contribution is 2.17. The highest BCUT2D eigenvalue weighted by molar-refractivity contribution is 7.11. The van der Waals surface area contributed by atoms with Crippen LogP contribution in [0.3, 0.4) is 0 Å². The van der Waals surface area contributed by atoms with Gasteiger partial charge < -0.3 is 10.6 Å². The Morgan fingerprint density at radius 2 is 1.91 bits per heavy atom. The fourth-order valence-electron chi connectivity index (χ4n) is 2.57. The number of aromatic nitrogens is 3. The van der Waals surface area contributed by atoms with Crippen molar-refractivity contribution < 1.29 is 0 Å². The van der Waals surface area contributed by atoms with Crippen LogP contribution in [0.15, 0.2) is 4.99 Å². The molecule has 0 bridgehead atoms. The minimum atomic E-state index is 0.726. The molecule has 2 rings (SSSR count). The first-order valence-corrected chi connectivity index (χ1v) is 8.60. The van der Waals surface area contributed by atoms with Crippen molar-refractivity contribution in [1.82, 2.24) is 25.4 Å². The number of rotatable bonds is 5. The van der Waals surface area contributed by atoms with Crippen LogP contribution in [-0.2, 0) is 20.0 Å². The van der Waals surface area contributed by atoms with Crippen LogP contribution < -0.4 is 10.6 Å². The Morgan fingerprint density at radius 1 is 1.17 bits per heavy atom. The maximum atomic E-state index is 4.46. The van der Waals surface area contributed by atoms with Crippen molar-refractivity contribution in [1.29, 1.82) is 0 Å². The van der Waals surface area contributed by atoms with Gasteiger partial charge in [-0.25, -0.2) is 4.98 Å². The molecule has 23 heavy (non-hydrogen) atoms. The Balaban J connectivity index is 1.85. The first kappa shape index (κ1) is 17.5. The fourth-order valence-corrected chi connectivity index (χ4v) is 3.50. The zero-order valence-electron chi connectivity index (χ0n) is 14.8. The van der Waals surface area contributed by atoms with Crippen LogP contribution in [0.2, 0.25) is 0 Å². The highest BCUT2D eigenvalue weighted by Gasteiger charge is 2.10. The molecule has 0 amide bonds. The molecule has 7 heteroatoms. The van der Waals surface area contributed by atoms with Crippen molar-refractivity contribution in [2.75, 3.05) is 13.6 Å². The van der Waals surface area contributed by atoms with E-state index in [1.54, 1.807) is 18.4 Å². The van der Waals surface area contributed by atoms with Crippen molar-refractivity contribution in [3.63, 3.8) is 0 Å². The summed E-state index contributed by atoms with van der Waals surface area (Å²) in [6, 6.07) is 0. The molecule has 6 nitrogen and oxygen atoms in total. The quantitative estimate of drug-likeness (QED) is 0.648. The molecular weight excluding hydrogens is 308 g/mol. The molecule has 2 N–H and O–H groups in total. The number of aliphatic imine (C=N–C) groups is 1. The molecule has 2 aromatic rings. The molecule has 126 valence electrons. The number of aryl methyl sites for hydroxylation is 4. The molecule has 0 radical (unpaired) electrons. The minimum absolute atomic E-state index is 0.726. The van der Waals surface area contributed by atoms with Crippen LogP contribution in [0.1, 0.15) is 32.5 Å². The average molecular weight is 334 g/mol. The second-order valence-electron chi connectivity index (χ2n) is 5.62. The predicted octanol–water partition coefficient (Wildman–Crippen LogP) is 2.02. The van der Waals surface area contributed by atoms with Crippen molar-refractivity contribution >= 4 is 17.3 Å². The van der Waals surface area contributed by atoms with E-state index in [-0.39, 0.29) is 0 Å². The summed E-state index contributed by atoms with van der Waals surface area (Å²) in [6.45, 7) is 9.81. The van der Waals surface area contributed by atoms with E-state index in [4.69, 9.17) is 0 Å². The normalized spacial score (nSPS) is 11.8. The van der Waals surface area contributed by atoms with Crippen molar-refractivity contribution in [3.05, 3.63) is 32.5 Å². The molecule has 0 spiro atoms. The molecule has 2 heterocycles. The van der Waals surface area contributed by atoms with E-state index >= 15 is 0 Å². The van der Waals surface area contributed by atoms with Crippen molar-refractivity contribution in [2.45, 2.75) is 40.7 Å². The number of nitrogens with zero attached hydrogens (tertiary/aromatic N) is 4. The van der Waals surface area contributed by atoms with E-state index in [1.165, 1.54) is 16.1 Å². The van der Waals surface area contributed by atoms with Crippen molar-refractivity contribution in [3.8, 4) is 0 Å². The van der Waals surface area contributed by atoms with Crippen LogP contribution in [0.5, 0.6) is 0 Å². The summed E-state index contributed by atoms with van der Waals surface area (Å²) in [7, 11) is 3.76. The van der Waals surface area contributed by atoms with Gasteiger partial charge in [-0.05, 0) is 27.7 Å². The van der Waals surface area contributed by atoms with E-state index in [9.17, 15) is 0 Å². The first-order valence-electron chi connectivity index (χ1n) is 7.78. The van der Waals surface area contributed by atoms with Crippen LogP contribution in [-0.4, -0.2) is 34.3 Å². The monoisotopic (exact) mass is 334 g/mol. The number of guanidine groups is 1. The van der Waals surface area contributed by atoms with Gasteiger partial charge in [0.2, 0.25) is 0 Å². The lowest BCUT2D eigenvalue weighted by atomic mass is 10.2.